The summed E-state index contributed by atoms with van der Waals surface area (Å²) in [6.45, 7) is 4.17. The number of nitrogens with zero attached hydrogens (tertiary/aromatic N) is 1. The third kappa shape index (κ3) is 2.01. The fraction of sp³-hybridized carbons (Fsp3) is 0.188. The van der Waals surface area contributed by atoms with Crippen molar-refractivity contribution in [3.05, 3.63) is 54.1 Å². The van der Waals surface area contributed by atoms with E-state index in [1.807, 2.05) is 24.3 Å². The largest absolute Gasteiger partial charge is 0.342 e. The highest BCUT2D eigenvalue weighted by Gasteiger charge is 2.12. The lowest BCUT2D eigenvalue weighted by molar-refractivity contribution is 0.631. The van der Waals surface area contributed by atoms with Crippen molar-refractivity contribution >= 4 is 11.0 Å². The molecule has 3 heteroatoms. The number of halogens is 1. The number of aromatic amines is 1. The number of nitrogens with one attached hydrogen (secondary N) is 1. The van der Waals surface area contributed by atoms with Gasteiger partial charge in [0.05, 0.1) is 11.0 Å². The van der Waals surface area contributed by atoms with E-state index in [1.165, 1.54) is 6.07 Å². The molecule has 19 heavy (non-hydrogen) atoms. The smallest absolute Gasteiger partial charge is 0.131 e. The molecule has 2 nitrogen and oxygen atoms in total. The number of aromatic nitrogens is 2. The lowest BCUT2D eigenvalue weighted by Crippen LogP contribution is -1.89. The van der Waals surface area contributed by atoms with Crippen LogP contribution in [0.15, 0.2) is 42.5 Å². The van der Waals surface area contributed by atoms with Crippen LogP contribution in [0.4, 0.5) is 4.39 Å². The molecule has 0 unspecified atom stereocenters. The SMILES string of the molecule is CC(C)c1nc2c(-c3ccccc3F)cccc2[nH]1. The van der Waals surface area contributed by atoms with E-state index >= 15 is 0 Å². The number of hydrogen-bond donors (Lipinski definition) is 1. The highest BCUT2D eigenvalue weighted by Crippen LogP contribution is 2.30. The lowest BCUT2D eigenvalue weighted by atomic mass is 10.0. The lowest BCUT2D eigenvalue weighted by Gasteiger charge is -2.03. The molecule has 0 aliphatic rings. The maximum atomic E-state index is 13.9. The summed E-state index contributed by atoms with van der Waals surface area (Å²) in [5.74, 6) is 1.03. The highest BCUT2D eigenvalue weighted by atomic mass is 19.1. The fourth-order valence-corrected chi connectivity index (χ4v) is 2.22. The zero-order valence-corrected chi connectivity index (χ0v) is 10.9. The second-order valence-corrected chi connectivity index (χ2v) is 4.96. The van der Waals surface area contributed by atoms with Gasteiger partial charge in [-0.15, -0.1) is 0 Å². The van der Waals surface area contributed by atoms with Gasteiger partial charge in [-0.05, 0) is 12.1 Å². The molecule has 1 aromatic heterocycles. The quantitative estimate of drug-likeness (QED) is 0.717. The van der Waals surface area contributed by atoms with Gasteiger partial charge in [-0.2, -0.15) is 0 Å². The van der Waals surface area contributed by atoms with Gasteiger partial charge in [0.1, 0.15) is 11.6 Å². The molecule has 0 aliphatic heterocycles. The Hall–Kier alpha value is -2.16. The van der Waals surface area contributed by atoms with Crippen LogP contribution < -0.4 is 0 Å². The van der Waals surface area contributed by atoms with E-state index in [9.17, 15) is 4.39 Å². The Balaban J connectivity index is 2.27. The fourth-order valence-electron chi connectivity index (χ4n) is 2.22. The summed E-state index contributed by atoms with van der Waals surface area (Å²) in [5.41, 5.74) is 3.20. The van der Waals surface area contributed by atoms with Crippen LogP contribution in [0, 0.1) is 5.82 Å². The van der Waals surface area contributed by atoms with Crippen LogP contribution in [0.2, 0.25) is 0 Å². The Morgan fingerprint density at radius 3 is 2.47 bits per heavy atom. The van der Waals surface area contributed by atoms with Crippen LogP contribution in [-0.2, 0) is 0 Å². The van der Waals surface area contributed by atoms with Crippen LogP contribution in [0.25, 0.3) is 22.2 Å². The van der Waals surface area contributed by atoms with Gasteiger partial charge in [0.25, 0.3) is 0 Å². The van der Waals surface area contributed by atoms with E-state index in [4.69, 9.17) is 0 Å². The van der Waals surface area contributed by atoms with Crippen LogP contribution >= 0.6 is 0 Å². The minimum atomic E-state index is -0.218. The number of rotatable bonds is 2. The maximum Gasteiger partial charge on any atom is 0.131 e. The van der Waals surface area contributed by atoms with Gasteiger partial charge < -0.3 is 4.98 Å². The second kappa shape index (κ2) is 4.50. The van der Waals surface area contributed by atoms with Crippen molar-refractivity contribution in [2.24, 2.45) is 0 Å². The Labute approximate surface area is 111 Å². The zero-order chi connectivity index (χ0) is 13.4. The summed E-state index contributed by atoms with van der Waals surface area (Å²) in [7, 11) is 0. The monoisotopic (exact) mass is 254 g/mol. The predicted molar refractivity (Wildman–Crippen MR) is 75.6 cm³/mol. The minimum Gasteiger partial charge on any atom is -0.342 e. The summed E-state index contributed by atoms with van der Waals surface area (Å²) in [5, 5.41) is 0. The van der Waals surface area contributed by atoms with Crippen LogP contribution in [0.3, 0.4) is 0 Å². The first kappa shape index (κ1) is 11.9. The standard InChI is InChI=1S/C16H15FN2/c1-10(2)16-18-14-9-5-7-12(15(14)19-16)11-6-3-4-8-13(11)17/h3-10H,1-2H3,(H,18,19). The number of H-pyrrole nitrogens is 1. The predicted octanol–water partition coefficient (Wildman–Crippen LogP) is 4.49. The Kier molecular flexibility index (Phi) is 2.82. The minimum absolute atomic E-state index is 0.218. The molecule has 0 spiro atoms. The third-order valence-electron chi connectivity index (χ3n) is 3.24. The first-order valence-electron chi connectivity index (χ1n) is 6.40. The molecular weight excluding hydrogens is 239 g/mol. The first-order chi connectivity index (χ1) is 9.16. The van der Waals surface area contributed by atoms with Crippen molar-refractivity contribution in [3.8, 4) is 11.1 Å². The second-order valence-electron chi connectivity index (χ2n) is 4.96. The van der Waals surface area contributed by atoms with Crippen LogP contribution in [0.5, 0.6) is 0 Å². The van der Waals surface area contributed by atoms with Crippen molar-refractivity contribution in [2.45, 2.75) is 19.8 Å². The Morgan fingerprint density at radius 1 is 1.00 bits per heavy atom. The summed E-state index contributed by atoms with van der Waals surface area (Å²) >= 11 is 0. The van der Waals surface area contributed by atoms with Crippen molar-refractivity contribution < 1.29 is 4.39 Å². The molecular formula is C16H15FN2. The summed E-state index contributed by atoms with van der Waals surface area (Å²) in [6, 6.07) is 12.6. The van der Waals surface area contributed by atoms with Gasteiger partial charge in [0, 0.05) is 17.0 Å². The highest BCUT2D eigenvalue weighted by molar-refractivity contribution is 5.92. The molecule has 0 fully saturated rings. The van der Waals surface area contributed by atoms with Crippen molar-refractivity contribution in [2.75, 3.05) is 0 Å². The van der Waals surface area contributed by atoms with Crippen molar-refractivity contribution in [3.63, 3.8) is 0 Å². The van der Waals surface area contributed by atoms with E-state index < -0.39 is 0 Å². The van der Waals surface area contributed by atoms with E-state index in [-0.39, 0.29) is 5.82 Å². The molecule has 1 N–H and O–H groups in total. The third-order valence-corrected chi connectivity index (χ3v) is 3.24. The molecule has 0 amide bonds. The van der Waals surface area contributed by atoms with E-state index in [0.717, 1.165) is 22.4 Å². The first-order valence-corrected chi connectivity index (χ1v) is 6.40. The zero-order valence-electron chi connectivity index (χ0n) is 10.9. The van der Waals surface area contributed by atoms with Gasteiger partial charge in [0.15, 0.2) is 0 Å². The maximum absolute atomic E-state index is 13.9. The molecule has 0 aliphatic carbocycles. The number of fused-ring (bicyclic) bond motifs is 1. The van der Waals surface area contributed by atoms with Gasteiger partial charge in [-0.3, -0.25) is 0 Å². The average Bonchev–Trinajstić information content (AvgIpc) is 2.83. The molecule has 3 aromatic rings. The molecule has 0 radical (unpaired) electrons. The Bertz CT molecular complexity index is 728. The molecule has 0 bridgehead atoms. The van der Waals surface area contributed by atoms with E-state index in [2.05, 4.69) is 23.8 Å². The van der Waals surface area contributed by atoms with Gasteiger partial charge in [-0.1, -0.05) is 44.2 Å². The molecule has 3 rings (SSSR count). The summed E-state index contributed by atoms with van der Waals surface area (Å²) in [6.07, 6.45) is 0. The van der Waals surface area contributed by atoms with Crippen molar-refractivity contribution in [1.29, 1.82) is 0 Å². The number of imidazole rings is 1. The van der Waals surface area contributed by atoms with Gasteiger partial charge in [-0.25, -0.2) is 9.37 Å². The molecule has 2 aromatic carbocycles. The topological polar surface area (TPSA) is 28.7 Å². The van der Waals surface area contributed by atoms with Crippen LogP contribution in [0.1, 0.15) is 25.6 Å². The normalized spacial score (nSPS) is 11.4. The average molecular weight is 254 g/mol. The van der Waals surface area contributed by atoms with E-state index in [1.54, 1.807) is 12.1 Å². The van der Waals surface area contributed by atoms with Crippen molar-refractivity contribution in [1.82, 2.24) is 9.97 Å². The number of hydrogen-bond acceptors (Lipinski definition) is 1. The number of para-hydroxylation sites is 1. The molecule has 0 atom stereocenters. The Morgan fingerprint density at radius 2 is 1.74 bits per heavy atom. The summed E-state index contributed by atoms with van der Waals surface area (Å²) < 4.78 is 13.9. The number of benzene rings is 2. The molecule has 0 saturated carbocycles. The molecule has 96 valence electrons. The van der Waals surface area contributed by atoms with Gasteiger partial charge in [0.2, 0.25) is 0 Å². The summed E-state index contributed by atoms with van der Waals surface area (Å²) in [4.78, 5) is 7.90. The van der Waals surface area contributed by atoms with Crippen LogP contribution in [-0.4, -0.2) is 9.97 Å². The molecule has 1 heterocycles. The van der Waals surface area contributed by atoms with Gasteiger partial charge >= 0.3 is 0 Å². The van der Waals surface area contributed by atoms with E-state index in [0.29, 0.717) is 11.5 Å². The molecule has 0 saturated heterocycles.